The molecule has 1 saturated carbocycles. The SMILES string of the molecule is CC(C)(C)c1cc[c]c(C2CCCC2)c1. The lowest BCUT2D eigenvalue weighted by Gasteiger charge is -2.21. The number of hydrogen-bond acceptors (Lipinski definition) is 0. The highest BCUT2D eigenvalue weighted by Gasteiger charge is 2.19. The Balaban J connectivity index is 2.26. The Kier molecular flexibility index (Phi) is 2.86. The zero-order chi connectivity index (χ0) is 10.9. The first-order chi connectivity index (χ1) is 7.07. The molecule has 0 saturated heterocycles. The minimum absolute atomic E-state index is 0.266. The van der Waals surface area contributed by atoms with E-state index in [4.69, 9.17) is 0 Å². The summed E-state index contributed by atoms with van der Waals surface area (Å²) in [6.07, 6.45) is 5.53. The molecule has 0 heterocycles. The van der Waals surface area contributed by atoms with Crippen LogP contribution in [0.3, 0.4) is 0 Å². The molecule has 0 spiro atoms. The highest BCUT2D eigenvalue weighted by molar-refractivity contribution is 5.30. The maximum absolute atomic E-state index is 3.42. The first-order valence-corrected chi connectivity index (χ1v) is 6.09. The molecule has 0 unspecified atom stereocenters. The Bertz CT molecular complexity index is 324. The molecule has 0 heteroatoms. The van der Waals surface area contributed by atoms with Crippen LogP contribution in [-0.2, 0) is 5.41 Å². The summed E-state index contributed by atoms with van der Waals surface area (Å²) < 4.78 is 0. The molecule has 2 rings (SSSR count). The van der Waals surface area contributed by atoms with E-state index in [2.05, 4.69) is 45.0 Å². The molecule has 0 aromatic heterocycles. The molecule has 0 atom stereocenters. The molecule has 0 amide bonds. The quantitative estimate of drug-likeness (QED) is 0.630. The molecule has 15 heavy (non-hydrogen) atoms. The van der Waals surface area contributed by atoms with Gasteiger partial charge in [-0.2, -0.15) is 0 Å². The topological polar surface area (TPSA) is 0 Å². The van der Waals surface area contributed by atoms with Gasteiger partial charge in [-0.3, -0.25) is 0 Å². The summed E-state index contributed by atoms with van der Waals surface area (Å²) in [5.74, 6) is 0.785. The van der Waals surface area contributed by atoms with Crippen LogP contribution in [0.5, 0.6) is 0 Å². The van der Waals surface area contributed by atoms with Crippen molar-refractivity contribution in [3.63, 3.8) is 0 Å². The summed E-state index contributed by atoms with van der Waals surface area (Å²) in [6, 6.07) is 10.1. The van der Waals surface area contributed by atoms with Crippen LogP contribution in [0, 0.1) is 6.07 Å². The van der Waals surface area contributed by atoms with E-state index in [0.717, 1.165) is 5.92 Å². The molecule has 0 nitrogen and oxygen atoms in total. The number of benzene rings is 1. The van der Waals surface area contributed by atoms with Crippen molar-refractivity contribution in [2.75, 3.05) is 0 Å². The Hall–Kier alpha value is -0.780. The van der Waals surface area contributed by atoms with Gasteiger partial charge in [0, 0.05) is 0 Å². The standard InChI is InChI=1S/C15H21/c1-15(2,3)14-10-6-9-13(11-14)12-7-4-5-8-12/h6,10-12H,4-5,7-8H2,1-3H3. The van der Waals surface area contributed by atoms with E-state index in [1.165, 1.54) is 36.8 Å². The summed E-state index contributed by atoms with van der Waals surface area (Å²) in [5, 5.41) is 0. The summed E-state index contributed by atoms with van der Waals surface area (Å²) in [6.45, 7) is 6.84. The lowest BCUT2D eigenvalue weighted by atomic mass is 9.84. The fourth-order valence-electron chi connectivity index (χ4n) is 2.42. The van der Waals surface area contributed by atoms with Gasteiger partial charge in [0.15, 0.2) is 0 Å². The minimum Gasteiger partial charge on any atom is -0.0579 e. The highest BCUT2D eigenvalue weighted by Crippen LogP contribution is 2.35. The Morgan fingerprint density at radius 2 is 1.87 bits per heavy atom. The molecule has 1 fully saturated rings. The first kappa shape index (κ1) is 10.7. The molecule has 0 aliphatic heterocycles. The third-order valence-electron chi connectivity index (χ3n) is 3.48. The second-order valence-electron chi connectivity index (χ2n) is 5.76. The maximum Gasteiger partial charge on any atom is -0.0132 e. The van der Waals surface area contributed by atoms with Crippen LogP contribution >= 0.6 is 0 Å². The zero-order valence-electron chi connectivity index (χ0n) is 10.1. The van der Waals surface area contributed by atoms with Crippen molar-refractivity contribution in [1.29, 1.82) is 0 Å². The van der Waals surface area contributed by atoms with Crippen LogP contribution in [0.15, 0.2) is 18.2 Å². The van der Waals surface area contributed by atoms with Gasteiger partial charge >= 0.3 is 0 Å². The Labute approximate surface area is 93.7 Å². The number of rotatable bonds is 1. The lowest BCUT2D eigenvalue weighted by molar-refractivity contribution is 0.587. The second-order valence-corrected chi connectivity index (χ2v) is 5.76. The van der Waals surface area contributed by atoms with Crippen LogP contribution in [0.1, 0.15) is 63.5 Å². The third-order valence-corrected chi connectivity index (χ3v) is 3.48. The van der Waals surface area contributed by atoms with Crippen molar-refractivity contribution in [3.8, 4) is 0 Å². The van der Waals surface area contributed by atoms with Gasteiger partial charge in [-0.15, -0.1) is 0 Å². The molecule has 1 radical (unpaired) electrons. The molecule has 0 N–H and O–H groups in total. The maximum atomic E-state index is 3.42. The summed E-state index contributed by atoms with van der Waals surface area (Å²) in [4.78, 5) is 0. The van der Waals surface area contributed by atoms with E-state index >= 15 is 0 Å². The van der Waals surface area contributed by atoms with Gasteiger partial charge in [-0.25, -0.2) is 0 Å². The zero-order valence-corrected chi connectivity index (χ0v) is 10.1. The average molecular weight is 201 g/mol. The molecule has 81 valence electrons. The van der Waals surface area contributed by atoms with Crippen molar-refractivity contribution >= 4 is 0 Å². The smallest absolute Gasteiger partial charge is 0.0132 e. The van der Waals surface area contributed by atoms with Gasteiger partial charge in [-0.05, 0) is 41.4 Å². The molecule has 0 bridgehead atoms. The van der Waals surface area contributed by atoms with Crippen LogP contribution in [0.25, 0.3) is 0 Å². The summed E-state index contributed by atoms with van der Waals surface area (Å²) >= 11 is 0. The summed E-state index contributed by atoms with van der Waals surface area (Å²) in [5.41, 5.74) is 3.16. The van der Waals surface area contributed by atoms with Crippen molar-refractivity contribution in [3.05, 3.63) is 35.4 Å². The summed E-state index contributed by atoms with van der Waals surface area (Å²) in [7, 11) is 0. The van der Waals surface area contributed by atoms with Crippen LogP contribution in [0.4, 0.5) is 0 Å². The van der Waals surface area contributed by atoms with Crippen molar-refractivity contribution in [2.24, 2.45) is 0 Å². The monoisotopic (exact) mass is 201 g/mol. The van der Waals surface area contributed by atoms with Gasteiger partial charge in [0.05, 0.1) is 0 Å². The van der Waals surface area contributed by atoms with E-state index in [0.29, 0.717) is 0 Å². The molecular formula is C15H21. The average Bonchev–Trinajstić information content (AvgIpc) is 2.69. The van der Waals surface area contributed by atoms with Crippen molar-refractivity contribution in [2.45, 2.75) is 57.8 Å². The Morgan fingerprint density at radius 3 is 2.47 bits per heavy atom. The van der Waals surface area contributed by atoms with Gasteiger partial charge in [-0.1, -0.05) is 51.8 Å². The van der Waals surface area contributed by atoms with Gasteiger partial charge in [0.1, 0.15) is 0 Å². The van der Waals surface area contributed by atoms with Crippen LogP contribution in [-0.4, -0.2) is 0 Å². The van der Waals surface area contributed by atoms with Gasteiger partial charge in [0.25, 0.3) is 0 Å². The van der Waals surface area contributed by atoms with Crippen LogP contribution in [0.2, 0.25) is 0 Å². The lowest BCUT2D eigenvalue weighted by Crippen LogP contribution is -2.11. The molecule has 1 aromatic rings. The molecule has 1 aliphatic carbocycles. The number of hydrogen-bond donors (Lipinski definition) is 0. The molecule has 1 aliphatic rings. The molecule has 1 aromatic carbocycles. The van der Waals surface area contributed by atoms with E-state index < -0.39 is 0 Å². The van der Waals surface area contributed by atoms with E-state index in [1.54, 1.807) is 0 Å². The minimum atomic E-state index is 0.266. The van der Waals surface area contributed by atoms with Crippen molar-refractivity contribution in [1.82, 2.24) is 0 Å². The van der Waals surface area contributed by atoms with E-state index in [1.807, 2.05) is 0 Å². The first-order valence-electron chi connectivity index (χ1n) is 6.09. The van der Waals surface area contributed by atoms with Crippen LogP contribution < -0.4 is 0 Å². The fourth-order valence-corrected chi connectivity index (χ4v) is 2.42. The predicted molar refractivity (Wildman–Crippen MR) is 65.2 cm³/mol. The van der Waals surface area contributed by atoms with Gasteiger partial charge in [0.2, 0.25) is 0 Å². The third kappa shape index (κ3) is 2.42. The highest BCUT2D eigenvalue weighted by atomic mass is 14.2. The van der Waals surface area contributed by atoms with Gasteiger partial charge < -0.3 is 0 Å². The molecular weight excluding hydrogens is 180 g/mol. The fraction of sp³-hybridized carbons (Fsp3) is 0.600. The largest absolute Gasteiger partial charge is 0.0579 e. The van der Waals surface area contributed by atoms with E-state index in [9.17, 15) is 0 Å². The normalized spacial score (nSPS) is 18.3. The van der Waals surface area contributed by atoms with E-state index in [-0.39, 0.29) is 5.41 Å². The Morgan fingerprint density at radius 1 is 1.20 bits per heavy atom. The van der Waals surface area contributed by atoms with Crippen molar-refractivity contribution < 1.29 is 0 Å². The predicted octanol–water partition coefficient (Wildman–Crippen LogP) is 4.44. The second kappa shape index (κ2) is 4.00.